The number of alkyl halides is 3. The number of rotatable bonds is 3. The van der Waals surface area contributed by atoms with Gasteiger partial charge in [0.25, 0.3) is 0 Å². The molecule has 2 atom stereocenters. The van der Waals surface area contributed by atoms with Crippen molar-refractivity contribution in [3.05, 3.63) is 41.0 Å². The molecule has 128 valence electrons. The van der Waals surface area contributed by atoms with Crippen LogP contribution in [0.2, 0.25) is 5.02 Å². The molecule has 1 fully saturated rings. The van der Waals surface area contributed by atoms with E-state index in [1.807, 2.05) is 0 Å². The fraction of sp³-hybridized carbons (Fsp3) is 0.375. The Hall–Kier alpha value is -1.86. The third kappa shape index (κ3) is 3.18. The van der Waals surface area contributed by atoms with E-state index in [-0.39, 0.29) is 19.6 Å². The number of carboxylic acid groups (broad SMARTS) is 1. The van der Waals surface area contributed by atoms with Crippen LogP contribution in [0.15, 0.2) is 30.5 Å². The predicted octanol–water partition coefficient (Wildman–Crippen LogP) is 3.58. The van der Waals surface area contributed by atoms with Crippen molar-refractivity contribution >= 4 is 28.5 Å². The van der Waals surface area contributed by atoms with Gasteiger partial charge in [0.2, 0.25) is 0 Å². The fourth-order valence-electron chi connectivity index (χ4n) is 3.16. The smallest absolute Gasteiger partial charge is 0.393 e. The second kappa shape index (κ2) is 6.22. The zero-order valence-corrected chi connectivity index (χ0v) is 13.2. The molecule has 1 saturated heterocycles. The topological polar surface area (TPSA) is 53.4 Å². The molecular weight excluding hydrogens is 345 g/mol. The van der Waals surface area contributed by atoms with Gasteiger partial charge in [0.05, 0.1) is 17.4 Å². The summed E-state index contributed by atoms with van der Waals surface area (Å²) in [6, 6.07) is 6.91. The number of benzene rings is 1. The van der Waals surface area contributed by atoms with Gasteiger partial charge in [-0.2, -0.15) is 13.2 Å². The molecule has 1 aromatic carbocycles. The van der Waals surface area contributed by atoms with Crippen molar-refractivity contribution in [2.24, 2.45) is 11.8 Å². The molecule has 2 aromatic rings. The molecule has 0 radical (unpaired) electrons. The molecule has 0 bridgehead atoms. The number of aromatic nitrogens is 1. The van der Waals surface area contributed by atoms with E-state index in [4.69, 9.17) is 16.7 Å². The van der Waals surface area contributed by atoms with Crippen molar-refractivity contribution in [3.63, 3.8) is 0 Å². The van der Waals surface area contributed by atoms with Gasteiger partial charge in [-0.1, -0.05) is 17.7 Å². The molecule has 0 amide bonds. The van der Waals surface area contributed by atoms with E-state index >= 15 is 0 Å². The Morgan fingerprint density at radius 1 is 1.33 bits per heavy atom. The van der Waals surface area contributed by atoms with E-state index < -0.39 is 24.0 Å². The number of carboxylic acids is 1. The van der Waals surface area contributed by atoms with Crippen molar-refractivity contribution in [1.29, 1.82) is 0 Å². The highest BCUT2D eigenvalue weighted by Gasteiger charge is 2.52. The normalized spacial score (nSPS) is 22.2. The third-order valence-corrected chi connectivity index (χ3v) is 4.66. The molecule has 1 aliphatic rings. The van der Waals surface area contributed by atoms with Crippen LogP contribution in [0.5, 0.6) is 0 Å². The van der Waals surface area contributed by atoms with E-state index in [0.29, 0.717) is 10.5 Å². The van der Waals surface area contributed by atoms with E-state index in [9.17, 15) is 18.0 Å². The van der Waals surface area contributed by atoms with Gasteiger partial charge in [0, 0.05) is 36.2 Å². The highest BCUT2D eigenvalue weighted by atomic mass is 35.5. The van der Waals surface area contributed by atoms with Crippen molar-refractivity contribution < 1.29 is 23.1 Å². The van der Waals surface area contributed by atoms with Crippen molar-refractivity contribution in [1.82, 2.24) is 9.88 Å². The molecule has 8 heteroatoms. The maximum atomic E-state index is 13.1. The zero-order chi connectivity index (χ0) is 17.5. The summed E-state index contributed by atoms with van der Waals surface area (Å²) in [7, 11) is 0. The number of hydrogen-bond donors (Lipinski definition) is 1. The lowest BCUT2D eigenvalue weighted by atomic mass is 9.96. The molecule has 24 heavy (non-hydrogen) atoms. The standard InChI is InChI=1S/C16H14ClF3N2O2/c17-13-4-3-9(14-10(13)2-1-5-21-14)6-22-7-11(15(23)24)12(8-22)16(18,19)20/h1-5,11-12H,6-8H2,(H,23,24)/t11-,12-/m1/s1. The Morgan fingerprint density at radius 2 is 2.08 bits per heavy atom. The van der Waals surface area contributed by atoms with Crippen LogP contribution in [0.3, 0.4) is 0 Å². The molecule has 3 rings (SSSR count). The molecule has 1 N–H and O–H groups in total. The lowest BCUT2D eigenvalue weighted by Gasteiger charge is -2.19. The summed E-state index contributed by atoms with van der Waals surface area (Å²) in [6.45, 7) is -0.283. The molecule has 0 spiro atoms. The number of hydrogen-bond acceptors (Lipinski definition) is 3. The number of halogens is 4. The average Bonchev–Trinajstić information content (AvgIpc) is 2.95. The summed E-state index contributed by atoms with van der Waals surface area (Å²) < 4.78 is 39.2. The molecule has 0 aliphatic carbocycles. The SMILES string of the molecule is O=C(O)[C@@H]1CN(Cc2ccc(Cl)c3cccnc23)C[C@H]1C(F)(F)F. The van der Waals surface area contributed by atoms with Crippen LogP contribution < -0.4 is 0 Å². The van der Waals surface area contributed by atoms with Gasteiger partial charge >= 0.3 is 12.1 Å². The summed E-state index contributed by atoms with van der Waals surface area (Å²) in [5.74, 6) is -4.73. The lowest BCUT2D eigenvalue weighted by molar-refractivity contribution is -0.188. The Morgan fingerprint density at radius 3 is 2.71 bits per heavy atom. The first-order chi connectivity index (χ1) is 11.3. The summed E-state index contributed by atoms with van der Waals surface area (Å²) in [6.07, 6.45) is -2.94. The monoisotopic (exact) mass is 358 g/mol. The van der Waals surface area contributed by atoms with Crippen LogP contribution in [0, 0.1) is 11.8 Å². The molecule has 0 unspecified atom stereocenters. The van der Waals surface area contributed by atoms with E-state index in [0.717, 1.165) is 10.9 Å². The van der Waals surface area contributed by atoms with Crippen LogP contribution in [-0.4, -0.2) is 40.2 Å². The third-order valence-electron chi connectivity index (χ3n) is 4.33. The first-order valence-electron chi connectivity index (χ1n) is 7.31. The first kappa shape index (κ1) is 17.0. The minimum absolute atomic E-state index is 0.142. The number of likely N-dealkylation sites (tertiary alicyclic amines) is 1. The van der Waals surface area contributed by atoms with Crippen molar-refractivity contribution in [3.8, 4) is 0 Å². The molecule has 1 aliphatic heterocycles. The number of nitrogens with zero attached hydrogens (tertiary/aromatic N) is 2. The van der Waals surface area contributed by atoms with E-state index in [2.05, 4.69) is 4.98 Å². The summed E-state index contributed by atoms with van der Waals surface area (Å²) in [4.78, 5) is 16.9. The minimum Gasteiger partial charge on any atom is -0.481 e. The van der Waals surface area contributed by atoms with Crippen LogP contribution in [-0.2, 0) is 11.3 Å². The van der Waals surface area contributed by atoms with E-state index in [1.54, 1.807) is 30.5 Å². The number of fused-ring (bicyclic) bond motifs is 1. The Balaban J connectivity index is 1.88. The van der Waals surface area contributed by atoms with Gasteiger partial charge in [-0.3, -0.25) is 14.7 Å². The second-order valence-corrected chi connectivity index (χ2v) is 6.30. The number of aliphatic carboxylic acids is 1. The summed E-state index contributed by atoms with van der Waals surface area (Å²) in [5, 5.41) is 10.3. The molecule has 2 heterocycles. The highest BCUT2D eigenvalue weighted by Crippen LogP contribution is 2.38. The Bertz CT molecular complexity index is 781. The zero-order valence-electron chi connectivity index (χ0n) is 12.4. The van der Waals surface area contributed by atoms with Crippen LogP contribution in [0.4, 0.5) is 13.2 Å². The van der Waals surface area contributed by atoms with Gasteiger partial charge in [-0.05, 0) is 23.8 Å². The largest absolute Gasteiger partial charge is 0.481 e. The van der Waals surface area contributed by atoms with Crippen molar-refractivity contribution in [2.75, 3.05) is 13.1 Å². The first-order valence-corrected chi connectivity index (χ1v) is 7.69. The van der Waals surface area contributed by atoms with Gasteiger partial charge < -0.3 is 5.11 Å². The van der Waals surface area contributed by atoms with Crippen LogP contribution >= 0.6 is 11.6 Å². The predicted molar refractivity (Wildman–Crippen MR) is 82.7 cm³/mol. The molecule has 1 aromatic heterocycles. The van der Waals surface area contributed by atoms with Crippen molar-refractivity contribution in [2.45, 2.75) is 12.7 Å². The fourth-order valence-corrected chi connectivity index (χ4v) is 3.38. The second-order valence-electron chi connectivity index (χ2n) is 5.89. The minimum atomic E-state index is -4.53. The molecular formula is C16H14ClF3N2O2. The lowest BCUT2D eigenvalue weighted by Crippen LogP contribution is -2.33. The maximum Gasteiger partial charge on any atom is 0.393 e. The Labute approximate surface area is 140 Å². The van der Waals surface area contributed by atoms with E-state index in [1.165, 1.54) is 4.90 Å². The Kier molecular flexibility index (Phi) is 4.40. The summed E-state index contributed by atoms with van der Waals surface area (Å²) >= 11 is 6.11. The number of carbonyl (C=O) groups is 1. The van der Waals surface area contributed by atoms with Crippen LogP contribution in [0.1, 0.15) is 5.56 Å². The quantitative estimate of drug-likeness (QED) is 0.911. The molecule has 0 saturated carbocycles. The summed E-state index contributed by atoms with van der Waals surface area (Å²) in [5.41, 5.74) is 1.34. The molecule has 4 nitrogen and oxygen atoms in total. The number of pyridine rings is 1. The van der Waals surface area contributed by atoms with Gasteiger partial charge in [0.15, 0.2) is 0 Å². The van der Waals surface area contributed by atoms with Gasteiger partial charge in [0.1, 0.15) is 0 Å². The highest BCUT2D eigenvalue weighted by molar-refractivity contribution is 6.35. The van der Waals surface area contributed by atoms with Gasteiger partial charge in [-0.25, -0.2) is 0 Å². The van der Waals surface area contributed by atoms with Crippen LogP contribution in [0.25, 0.3) is 10.9 Å². The average molecular weight is 359 g/mol. The maximum absolute atomic E-state index is 13.1. The van der Waals surface area contributed by atoms with Gasteiger partial charge in [-0.15, -0.1) is 0 Å².